The van der Waals surface area contributed by atoms with Crippen LogP contribution in [-0.2, 0) is 11.2 Å². The number of hydrogen-bond acceptors (Lipinski definition) is 6. The van der Waals surface area contributed by atoms with Crippen molar-refractivity contribution in [2.75, 3.05) is 44.8 Å². The first-order valence-corrected chi connectivity index (χ1v) is 9.70. The van der Waals surface area contributed by atoms with Crippen molar-refractivity contribution in [3.05, 3.63) is 70.8 Å². The van der Waals surface area contributed by atoms with Gasteiger partial charge in [0.1, 0.15) is 5.69 Å². The highest BCUT2D eigenvalue weighted by Gasteiger charge is 2.25. The first kappa shape index (κ1) is 21.2. The Hall–Kier alpha value is -3.55. The number of ether oxygens (including phenoxy) is 2. The maximum atomic E-state index is 12.6. The van der Waals surface area contributed by atoms with Crippen LogP contribution in [0.4, 0.5) is 11.4 Å². The summed E-state index contributed by atoms with van der Waals surface area (Å²) in [6.07, 6.45) is 2.53. The van der Waals surface area contributed by atoms with Gasteiger partial charge in [-0.3, -0.25) is 14.9 Å². The summed E-state index contributed by atoms with van der Waals surface area (Å²) >= 11 is 0. The van der Waals surface area contributed by atoms with E-state index < -0.39 is 0 Å². The van der Waals surface area contributed by atoms with Gasteiger partial charge in [-0.25, -0.2) is 0 Å². The largest absolute Gasteiger partial charge is 0.493 e. The van der Waals surface area contributed by atoms with Crippen LogP contribution in [0.15, 0.2) is 55.1 Å². The predicted molar refractivity (Wildman–Crippen MR) is 114 cm³/mol. The molecule has 1 amide bonds. The molecule has 0 unspecified atom stereocenters. The highest BCUT2D eigenvalue weighted by Crippen LogP contribution is 2.29. The van der Waals surface area contributed by atoms with Crippen molar-refractivity contribution in [1.29, 1.82) is 0 Å². The smallest absolute Gasteiger partial charge is 0.292 e. The van der Waals surface area contributed by atoms with Crippen LogP contribution < -0.4 is 14.4 Å². The van der Waals surface area contributed by atoms with Gasteiger partial charge in [-0.05, 0) is 30.2 Å². The van der Waals surface area contributed by atoms with E-state index in [1.807, 2.05) is 23.1 Å². The fourth-order valence-corrected chi connectivity index (χ4v) is 3.44. The molecule has 0 aliphatic carbocycles. The average Bonchev–Trinajstić information content (AvgIpc) is 2.78. The van der Waals surface area contributed by atoms with Gasteiger partial charge in [0.05, 0.1) is 12.0 Å². The van der Waals surface area contributed by atoms with E-state index in [1.54, 1.807) is 36.3 Å². The molecule has 0 saturated carbocycles. The minimum absolute atomic E-state index is 0.0765. The van der Waals surface area contributed by atoms with Crippen LogP contribution in [0.25, 0.3) is 0 Å². The molecule has 2 aromatic carbocycles. The lowest BCUT2D eigenvalue weighted by molar-refractivity contribution is -0.384. The van der Waals surface area contributed by atoms with Crippen molar-refractivity contribution in [2.45, 2.75) is 6.42 Å². The molecule has 0 aromatic heterocycles. The monoisotopic (exact) mass is 411 g/mol. The van der Waals surface area contributed by atoms with Crippen molar-refractivity contribution in [2.24, 2.45) is 0 Å². The van der Waals surface area contributed by atoms with E-state index >= 15 is 0 Å². The molecule has 1 aliphatic rings. The van der Waals surface area contributed by atoms with Gasteiger partial charge in [0.25, 0.3) is 11.6 Å². The summed E-state index contributed by atoms with van der Waals surface area (Å²) in [6, 6.07) is 12.2. The molecule has 0 spiro atoms. The zero-order valence-electron chi connectivity index (χ0n) is 17.0. The fraction of sp³-hybridized carbons (Fsp3) is 0.318. The molecule has 2 aromatic rings. The molecule has 0 radical (unpaired) electrons. The zero-order valence-corrected chi connectivity index (χ0v) is 17.0. The number of benzene rings is 2. The molecule has 30 heavy (non-hydrogen) atoms. The topological polar surface area (TPSA) is 85.2 Å². The van der Waals surface area contributed by atoms with Gasteiger partial charge in [-0.15, -0.1) is 6.58 Å². The van der Waals surface area contributed by atoms with Gasteiger partial charge in [-0.1, -0.05) is 24.3 Å². The van der Waals surface area contributed by atoms with Crippen molar-refractivity contribution in [3.63, 3.8) is 0 Å². The minimum Gasteiger partial charge on any atom is -0.493 e. The van der Waals surface area contributed by atoms with E-state index in [0.717, 1.165) is 12.0 Å². The molecule has 1 heterocycles. The molecule has 158 valence electrons. The highest BCUT2D eigenvalue weighted by molar-refractivity contribution is 5.78. The fourth-order valence-electron chi connectivity index (χ4n) is 3.44. The van der Waals surface area contributed by atoms with Crippen LogP contribution in [0.2, 0.25) is 0 Å². The standard InChI is InChI=1S/C22H25N3O5/c1-3-6-17-9-10-20(21(15-17)29-2)30-16-22(26)24-13-11-23(12-14-24)18-7-4-5-8-19(18)25(27)28/h3-5,7-10,15H,1,6,11-14,16H2,2H3. The van der Waals surface area contributed by atoms with Gasteiger partial charge < -0.3 is 19.3 Å². The Morgan fingerprint density at radius 1 is 1.17 bits per heavy atom. The number of nitro benzene ring substituents is 1. The molecule has 0 N–H and O–H groups in total. The second kappa shape index (κ2) is 9.78. The number of piperazine rings is 1. The Morgan fingerprint density at radius 2 is 1.90 bits per heavy atom. The summed E-state index contributed by atoms with van der Waals surface area (Å²) in [6.45, 7) is 5.63. The van der Waals surface area contributed by atoms with E-state index in [4.69, 9.17) is 9.47 Å². The maximum absolute atomic E-state index is 12.6. The molecule has 1 aliphatic heterocycles. The lowest BCUT2D eigenvalue weighted by Gasteiger charge is -2.35. The van der Waals surface area contributed by atoms with Gasteiger partial charge in [0, 0.05) is 32.2 Å². The molecular weight excluding hydrogens is 386 g/mol. The lowest BCUT2D eigenvalue weighted by atomic mass is 10.1. The van der Waals surface area contributed by atoms with Crippen LogP contribution >= 0.6 is 0 Å². The number of nitrogens with zero attached hydrogens (tertiary/aromatic N) is 3. The number of para-hydroxylation sites is 2. The quantitative estimate of drug-likeness (QED) is 0.377. The SMILES string of the molecule is C=CCc1ccc(OCC(=O)N2CCN(c3ccccc3[N+](=O)[O-])CC2)c(OC)c1. The van der Waals surface area contributed by atoms with Gasteiger partial charge in [-0.2, -0.15) is 0 Å². The van der Waals surface area contributed by atoms with Crippen LogP contribution in [0.1, 0.15) is 5.56 Å². The van der Waals surface area contributed by atoms with Crippen molar-refractivity contribution >= 4 is 17.3 Å². The molecule has 8 heteroatoms. The van der Waals surface area contributed by atoms with Crippen LogP contribution in [-0.4, -0.2) is 55.6 Å². The van der Waals surface area contributed by atoms with Crippen molar-refractivity contribution < 1.29 is 19.2 Å². The number of allylic oxidation sites excluding steroid dienone is 1. The van der Waals surface area contributed by atoms with E-state index in [-0.39, 0.29) is 23.1 Å². The summed E-state index contributed by atoms with van der Waals surface area (Å²) in [5.74, 6) is 0.954. The molecule has 3 rings (SSSR count). The summed E-state index contributed by atoms with van der Waals surface area (Å²) in [4.78, 5) is 27.1. The second-order valence-corrected chi connectivity index (χ2v) is 6.88. The third-order valence-corrected chi connectivity index (χ3v) is 5.01. The number of nitro groups is 1. The van der Waals surface area contributed by atoms with Crippen LogP contribution in [0.5, 0.6) is 11.5 Å². The summed E-state index contributed by atoms with van der Waals surface area (Å²) in [5.41, 5.74) is 1.70. The van der Waals surface area contributed by atoms with Gasteiger partial charge in [0.2, 0.25) is 0 Å². The Balaban J connectivity index is 1.56. The van der Waals surface area contributed by atoms with Crippen molar-refractivity contribution in [3.8, 4) is 11.5 Å². The minimum atomic E-state index is -0.381. The number of hydrogen-bond donors (Lipinski definition) is 0. The summed E-state index contributed by atoms with van der Waals surface area (Å²) in [5, 5.41) is 11.2. The number of amides is 1. The number of methoxy groups -OCH3 is 1. The van der Waals surface area contributed by atoms with Gasteiger partial charge >= 0.3 is 0 Å². The third kappa shape index (κ3) is 4.89. The molecule has 1 saturated heterocycles. The van der Waals surface area contributed by atoms with E-state index in [0.29, 0.717) is 43.4 Å². The Labute approximate surface area is 175 Å². The predicted octanol–water partition coefficient (Wildman–Crippen LogP) is 3.06. The molecule has 0 bridgehead atoms. The molecule has 1 fully saturated rings. The van der Waals surface area contributed by atoms with Crippen LogP contribution in [0.3, 0.4) is 0 Å². The zero-order chi connectivity index (χ0) is 21.5. The van der Waals surface area contributed by atoms with E-state index in [2.05, 4.69) is 6.58 Å². The van der Waals surface area contributed by atoms with Gasteiger partial charge in [0.15, 0.2) is 18.1 Å². The summed E-state index contributed by atoms with van der Waals surface area (Å²) < 4.78 is 11.1. The Bertz CT molecular complexity index is 923. The van der Waals surface area contributed by atoms with E-state index in [1.165, 1.54) is 6.07 Å². The van der Waals surface area contributed by atoms with Crippen molar-refractivity contribution in [1.82, 2.24) is 4.90 Å². The average molecular weight is 411 g/mol. The Morgan fingerprint density at radius 3 is 2.57 bits per heavy atom. The number of carbonyl (C=O) groups excluding carboxylic acids is 1. The van der Waals surface area contributed by atoms with E-state index in [9.17, 15) is 14.9 Å². The molecular formula is C22H25N3O5. The number of anilines is 1. The van der Waals surface area contributed by atoms with Crippen LogP contribution in [0, 0.1) is 10.1 Å². The second-order valence-electron chi connectivity index (χ2n) is 6.88. The first-order chi connectivity index (χ1) is 14.5. The Kier molecular flexibility index (Phi) is 6.90. The first-order valence-electron chi connectivity index (χ1n) is 9.70. The summed E-state index contributed by atoms with van der Waals surface area (Å²) in [7, 11) is 1.56. The number of rotatable bonds is 8. The normalized spacial score (nSPS) is 13.6. The highest BCUT2D eigenvalue weighted by atomic mass is 16.6. The third-order valence-electron chi connectivity index (χ3n) is 5.01. The molecule has 0 atom stereocenters. The maximum Gasteiger partial charge on any atom is 0.292 e. The lowest BCUT2D eigenvalue weighted by Crippen LogP contribution is -2.50. The molecule has 8 nitrogen and oxygen atoms in total. The number of carbonyl (C=O) groups is 1.